The van der Waals surface area contributed by atoms with E-state index in [2.05, 4.69) is 5.10 Å². The number of nitrogens with zero attached hydrogens (tertiary/aromatic N) is 3. The topological polar surface area (TPSA) is 78.5 Å². The van der Waals surface area contributed by atoms with Gasteiger partial charge in [0.25, 0.3) is 0 Å². The summed E-state index contributed by atoms with van der Waals surface area (Å²) in [6, 6.07) is 5.24. The second kappa shape index (κ2) is 5.01. The Bertz CT molecular complexity index is 676. The summed E-state index contributed by atoms with van der Waals surface area (Å²) in [7, 11) is 1.61. The van der Waals surface area contributed by atoms with Crippen LogP contribution < -0.4 is 15.2 Å². The quantitative estimate of drug-likeness (QED) is 0.860. The molecule has 1 aromatic heterocycles. The molecule has 1 aromatic carbocycles. The number of hydrogen-bond acceptors (Lipinski definition) is 5. The molecule has 0 saturated heterocycles. The third-order valence-electron chi connectivity index (χ3n) is 3.18. The molecule has 7 heteroatoms. The maximum Gasteiger partial charge on any atom is 0.345 e. The van der Waals surface area contributed by atoms with Gasteiger partial charge >= 0.3 is 5.69 Å². The number of fused-ring (bicyclic) bond motifs is 1. The largest absolute Gasteiger partial charge is 0.486 e. The van der Waals surface area contributed by atoms with Gasteiger partial charge in [0.2, 0.25) is 0 Å². The van der Waals surface area contributed by atoms with Crippen molar-refractivity contribution in [3.05, 3.63) is 40.6 Å². The zero-order valence-electron chi connectivity index (χ0n) is 11.0. The minimum Gasteiger partial charge on any atom is -0.486 e. The van der Waals surface area contributed by atoms with E-state index in [1.54, 1.807) is 25.2 Å². The van der Waals surface area contributed by atoms with Gasteiger partial charge in [-0.25, -0.2) is 9.48 Å². The first-order chi connectivity index (χ1) is 9.65. The maximum atomic E-state index is 11.7. The number of benzene rings is 1. The molecule has 3 rings (SSSR count). The fraction of sp³-hybridized carbons (Fsp3) is 0.385. The molecule has 0 aliphatic carbocycles. The normalized spacial score (nSPS) is 15.1. The van der Waals surface area contributed by atoms with Crippen molar-refractivity contribution in [2.75, 3.05) is 13.2 Å². The average Bonchev–Trinajstić information content (AvgIpc) is 2.78. The standard InChI is InChI=1S/C13H15N3O4/c1-15-8-14-16(13(15)18)7-10(17)9-2-3-11-12(6-9)20-5-4-19-11/h2-3,6,8,10,17H,4-5,7H2,1H3. The second-order valence-electron chi connectivity index (χ2n) is 4.63. The number of ether oxygens (including phenoxy) is 2. The van der Waals surface area contributed by atoms with Crippen molar-refractivity contribution in [3.8, 4) is 11.5 Å². The fourth-order valence-corrected chi connectivity index (χ4v) is 2.08. The number of aliphatic hydroxyl groups excluding tert-OH is 1. The Hall–Kier alpha value is -2.28. The number of rotatable bonds is 3. The molecular weight excluding hydrogens is 262 g/mol. The molecule has 0 radical (unpaired) electrons. The molecule has 7 nitrogen and oxygen atoms in total. The van der Waals surface area contributed by atoms with Crippen molar-refractivity contribution < 1.29 is 14.6 Å². The van der Waals surface area contributed by atoms with Gasteiger partial charge in [-0.05, 0) is 17.7 Å². The Morgan fingerprint density at radius 3 is 2.80 bits per heavy atom. The van der Waals surface area contributed by atoms with E-state index in [1.807, 2.05) is 0 Å². The molecule has 1 atom stereocenters. The van der Waals surface area contributed by atoms with Gasteiger partial charge in [0.05, 0.1) is 12.6 Å². The predicted molar refractivity (Wildman–Crippen MR) is 69.9 cm³/mol. The molecule has 0 amide bonds. The van der Waals surface area contributed by atoms with Crippen LogP contribution in [-0.2, 0) is 13.6 Å². The summed E-state index contributed by atoms with van der Waals surface area (Å²) in [5, 5.41) is 14.1. The summed E-state index contributed by atoms with van der Waals surface area (Å²) in [4.78, 5) is 11.7. The van der Waals surface area contributed by atoms with Crippen LogP contribution in [0.15, 0.2) is 29.3 Å². The van der Waals surface area contributed by atoms with Gasteiger partial charge in [-0.1, -0.05) is 6.07 Å². The number of aryl methyl sites for hydroxylation is 1. The lowest BCUT2D eigenvalue weighted by atomic mass is 10.1. The van der Waals surface area contributed by atoms with E-state index in [1.165, 1.54) is 15.6 Å². The summed E-state index contributed by atoms with van der Waals surface area (Å²) in [5.74, 6) is 1.28. The zero-order valence-corrected chi connectivity index (χ0v) is 11.0. The first-order valence-electron chi connectivity index (χ1n) is 6.31. The van der Waals surface area contributed by atoms with Crippen LogP contribution in [0.25, 0.3) is 0 Å². The third-order valence-corrected chi connectivity index (χ3v) is 3.18. The Morgan fingerprint density at radius 2 is 2.10 bits per heavy atom. The van der Waals surface area contributed by atoms with Crippen molar-refractivity contribution in [1.29, 1.82) is 0 Å². The van der Waals surface area contributed by atoms with E-state index < -0.39 is 6.10 Å². The monoisotopic (exact) mass is 277 g/mol. The second-order valence-corrected chi connectivity index (χ2v) is 4.63. The van der Waals surface area contributed by atoms with E-state index in [0.717, 1.165) is 0 Å². The molecule has 0 saturated carbocycles. The highest BCUT2D eigenvalue weighted by molar-refractivity contribution is 5.44. The Kier molecular flexibility index (Phi) is 3.19. The highest BCUT2D eigenvalue weighted by Gasteiger charge is 2.17. The van der Waals surface area contributed by atoms with Gasteiger partial charge in [-0.15, -0.1) is 0 Å². The van der Waals surface area contributed by atoms with Crippen LogP contribution in [-0.4, -0.2) is 32.7 Å². The van der Waals surface area contributed by atoms with Crippen molar-refractivity contribution in [1.82, 2.24) is 14.3 Å². The third kappa shape index (κ3) is 2.27. The van der Waals surface area contributed by atoms with Gasteiger partial charge in [0.15, 0.2) is 11.5 Å². The minimum absolute atomic E-state index is 0.0965. The van der Waals surface area contributed by atoms with Crippen LogP contribution in [0.1, 0.15) is 11.7 Å². The smallest absolute Gasteiger partial charge is 0.345 e. The summed E-state index contributed by atoms with van der Waals surface area (Å²) in [6.07, 6.45) is 0.581. The lowest BCUT2D eigenvalue weighted by Crippen LogP contribution is -2.25. The van der Waals surface area contributed by atoms with Crippen LogP contribution in [0.4, 0.5) is 0 Å². The Balaban J connectivity index is 1.82. The van der Waals surface area contributed by atoms with Crippen molar-refractivity contribution in [2.45, 2.75) is 12.6 Å². The van der Waals surface area contributed by atoms with Crippen molar-refractivity contribution >= 4 is 0 Å². The van der Waals surface area contributed by atoms with Crippen LogP contribution in [0, 0.1) is 0 Å². The molecule has 2 aromatic rings. The molecule has 1 aliphatic rings. The summed E-state index contributed by atoms with van der Waals surface area (Å²) in [6.45, 7) is 1.11. The molecule has 0 fully saturated rings. The molecule has 1 N–H and O–H groups in total. The lowest BCUT2D eigenvalue weighted by Gasteiger charge is -2.20. The molecule has 106 valence electrons. The number of aromatic nitrogens is 3. The summed E-state index contributed by atoms with van der Waals surface area (Å²) < 4.78 is 13.5. The minimum atomic E-state index is -0.835. The first-order valence-corrected chi connectivity index (χ1v) is 6.31. The maximum absolute atomic E-state index is 11.7. The summed E-state index contributed by atoms with van der Waals surface area (Å²) in [5.41, 5.74) is 0.397. The lowest BCUT2D eigenvalue weighted by molar-refractivity contribution is 0.146. The Labute approximate surface area is 115 Å². The van der Waals surface area contributed by atoms with E-state index in [4.69, 9.17) is 9.47 Å². The first kappa shape index (κ1) is 12.7. The van der Waals surface area contributed by atoms with Gasteiger partial charge in [-0.2, -0.15) is 5.10 Å². The predicted octanol–water partition coefficient (Wildman–Crippen LogP) is 0.0866. The molecular formula is C13H15N3O4. The molecule has 20 heavy (non-hydrogen) atoms. The summed E-state index contributed by atoms with van der Waals surface area (Å²) >= 11 is 0. The number of hydrogen-bond donors (Lipinski definition) is 1. The van der Waals surface area contributed by atoms with E-state index in [0.29, 0.717) is 30.3 Å². The molecule has 1 unspecified atom stereocenters. The van der Waals surface area contributed by atoms with Crippen LogP contribution >= 0.6 is 0 Å². The van der Waals surface area contributed by atoms with Crippen molar-refractivity contribution in [3.63, 3.8) is 0 Å². The van der Waals surface area contributed by atoms with Gasteiger partial charge < -0.3 is 14.6 Å². The highest BCUT2D eigenvalue weighted by atomic mass is 16.6. The van der Waals surface area contributed by atoms with Crippen LogP contribution in [0.3, 0.4) is 0 Å². The van der Waals surface area contributed by atoms with Gasteiger partial charge in [0.1, 0.15) is 19.5 Å². The van der Waals surface area contributed by atoms with E-state index in [9.17, 15) is 9.90 Å². The van der Waals surface area contributed by atoms with E-state index >= 15 is 0 Å². The molecule has 0 spiro atoms. The van der Waals surface area contributed by atoms with E-state index in [-0.39, 0.29) is 12.2 Å². The molecule has 0 bridgehead atoms. The van der Waals surface area contributed by atoms with Gasteiger partial charge in [-0.3, -0.25) is 4.57 Å². The van der Waals surface area contributed by atoms with Crippen molar-refractivity contribution in [2.24, 2.45) is 7.05 Å². The molecule has 2 heterocycles. The fourth-order valence-electron chi connectivity index (χ4n) is 2.08. The van der Waals surface area contributed by atoms with Gasteiger partial charge in [0, 0.05) is 7.05 Å². The SMILES string of the molecule is Cn1cnn(CC(O)c2ccc3c(c2)OCCO3)c1=O. The highest BCUT2D eigenvalue weighted by Crippen LogP contribution is 2.32. The molecule has 1 aliphatic heterocycles. The van der Waals surface area contributed by atoms with Crippen LogP contribution in [0.5, 0.6) is 11.5 Å². The van der Waals surface area contributed by atoms with Crippen LogP contribution in [0.2, 0.25) is 0 Å². The average molecular weight is 277 g/mol. The Morgan fingerprint density at radius 1 is 1.35 bits per heavy atom. The number of aliphatic hydroxyl groups is 1. The zero-order chi connectivity index (χ0) is 14.1.